The lowest BCUT2D eigenvalue weighted by Gasteiger charge is -2.24. The second-order valence-electron chi connectivity index (χ2n) is 9.74. The molecule has 0 aliphatic heterocycles. The monoisotopic (exact) mass is 496 g/mol. The molecule has 2 N–H and O–H groups in total. The Kier molecular flexibility index (Phi) is 8.34. The van der Waals surface area contributed by atoms with E-state index in [0.29, 0.717) is 0 Å². The average Bonchev–Trinajstić information content (AvgIpc) is 3.12. The molecule has 1 atom stereocenters. The van der Waals surface area contributed by atoms with Crippen LogP contribution >= 0.6 is 0 Å². The fourth-order valence-corrected chi connectivity index (χ4v) is 4.24. The summed E-state index contributed by atoms with van der Waals surface area (Å²) < 4.78 is 10.8. The molecule has 0 saturated carbocycles. The van der Waals surface area contributed by atoms with Gasteiger partial charge in [0.05, 0.1) is 0 Å². The number of hydrogen-bond acceptors (Lipinski definition) is 6. The Bertz CT molecular complexity index is 1090. The van der Waals surface area contributed by atoms with Gasteiger partial charge in [-0.1, -0.05) is 48.5 Å². The van der Waals surface area contributed by atoms with Crippen LogP contribution in [0.2, 0.25) is 0 Å². The number of alkyl carbamates (subject to hydrolysis) is 1. The number of carbonyl (C=O) groups is 4. The van der Waals surface area contributed by atoms with Gasteiger partial charge in [0.2, 0.25) is 5.91 Å². The number of carboxylic acid groups (broad SMARTS) is 1. The molecule has 0 aromatic heterocycles. The number of hydrogen-bond donors (Lipinski definition) is 2. The number of amides is 2. The molecule has 1 aliphatic carbocycles. The molecule has 0 fully saturated rings. The Labute approximate surface area is 210 Å². The van der Waals surface area contributed by atoms with Gasteiger partial charge >= 0.3 is 18.0 Å². The van der Waals surface area contributed by atoms with Gasteiger partial charge in [-0.3, -0.25) is 14.4 Å². The third-order valence-corrected chi connectivity index (χ3v) is 5.74. The van der Waals surface area contributed by atoms with E-state index in [9.17, 15) is 19.2 Å². The number of carboxylic acids is 1. The molecule has 0 bridgehead atoms. The van der Waals surface area contributed by atoms with Crippen LogP contribution in [0.15, 0.2) is 48.5 Å². The molecule has 2 aromatic carbocycles. The fraction of sp³-hybridized carbons (Fsp3) is 0.407. The van der Waals surface area contributed by atoms with Crippen LogP contribution in [0.3, 0.4) is 0 Å². The van der Waals surface area contributed by atoms with Gasteiger partial charge in [-0.05, 0) is 49.4 Å². The number of rotatable bonds is 9. The van der Waals surface area contributed by atoms with Gasteiger partial charge in [0.25, 0.3) is 0 Å². The smallest absolute Gasteiger partial charge is 0.407 e. The number of benzene rings is 2. The second-order valence-corrected chi connectivity index (χ2v) is 9.74. The summed E-state index contributed by atoms with van der Waals surface area (Å²) in [6.07, 6.45) is -1.04. The van der Waals surface area contributed by atoms with Gasteiger partial charge < -0.3 is 24.8 Å². The minimum Gasteiger partial charge on any atom is -0.480 e. The summed E-state index contributed by atoms with van der Waals surface area (Å²) in [4.78, 5) is 49.8. The van der Waals surface area contributed by atoms with Crippen molar-refractivity contribution in [1.29, 1.82) is 0 Å². The Hall–Kier alpha value is -3.88. The second kappa shape index (κ2) is 11.2. The zero-order chi connectivity index (χ0) is 26.5. The number of esters is 1. The summed E-state index contributed by atoms with van der Waals surface area (Å²) in [6.45, 7) is 4.68. The van der Waals surface area contributed by atoms with Crippen molar-refractivity contribution < 1.29 is 33.8 Å². The number of nitrogens with zero attached hydrogens (tertiary/aromatic N) is 1. The molecule has 0 radical (unpaired) electrons. The van der Waals surface area contributed by atoms with Gasteiger partial charge in [-0.15, -0.1) is 0 Å². The summed E-state index contributed by atoms with van der Waals surface area (Å²) in [6, 6.07) is 14.7. The molecule has 0 unspecified atom stereocenters. The van der Waals surface area contributed by atoms with Gasteiger partial charge in [-0.2, -0.15) is 0 Å². The van der Waals surface area contributed by atoms with Crippen molar-refractivity contribution in [2.24, 2.45) is 0 Å². The zero-order valence-corrected chi connectivity index (χ0v) is 20.9. The first-order valence-corrected chi connectivity index (χ1v) is 11.8. The Morgan fingerprint density at radius 3 is 2.08 bits per heavy atom. The molecule has 0 spiro atoms. The van der Waals surface area contributed by atoms with E-state index in [4.69, 9.17) is 14.6 Å². The first-order chi connectivity index (χ1) is 17.0. The summed E-state index contributed by atoms with van der Waals surface area (Å²) in [5.74, 6) is -2.53. The van der Waals surface area contributed by atoms with E-state index in [-0.39, 0.29) is 25.4 Å². The van der Waals surface area contributed by atoms with Crippen LogP contribution in [-0.2, 0) is 23.9 Å². The lowest BCUT2D eigenvalue weighted by Crippen LogP contribution is -2.49. The Morgan fingerprint density at radius 1 is 1.00 bits per heavy atom. The van der Waals surface area contributed by atoms with Gasteiger partial charge in [0.15, 0.2) is 0 Å². The standard InChI is InChI=1S/C27H32N2O7/c1-27(2,3)36-24(32)14-13-22(25(33)29(4)15-23(30)31)28-26(34)35-16-21-19-11-7-5-9-17(19)18-10-6-8-12-20(18)21/h5-12,21-22H,13-16H2,1-4H3,(H,28,34)(H,30,31)/t22-/m0/s1. The van der Waals surface area contributed by atoms with E-state index < -0.39 is 42.1 Å². The van der Waals surface area contributed by atoms with Crippen molar-refractivity contribution in [1.82, 2.24) is 10.2 Å². The summed E-state index contributed by atoms with van der Waals surface area (Å²) in [7, 11) is 1.32. The molecule has 2 amide bonds. The van der Waals surface area contributed by atoms with Crippen molar-refractivity contribution in [2.45, 2.75) is 51.2 Å². The Balaban J connectivity index is 1.67. The van der Waals surface area contributed by atoms with Gasteiger partial charge in [-0.25, -0.2) is 4.79 Å². The predicted octanol–water partition coefficient (Wildman–Crippen LogP) is 3.56. The van der Waals surface area contributed by atoms with E-state index in [1.165, 1.54) is 7.05 Å². The summed E-state index contributed by atoms with van der Waals surface area (Å²) >= 11 is 0. The third-order valence-electron chi connectivity index (χ3n) is 5.74. The van der Waals surface area contributed by atoms with Crippen LogP contribution in [0.5, 0.6) is 0 Å². The Morgan fingerprint density at radius 2 is 1.56 bits per heavy atom. The molecular formula is C27H32N2O7. The first-order valence-electron chi connectivity index (χ1n) is 11.8. The third kappa shape index (κ3) is 6.84. The van der Waals surface area contributed by atoms with Crippen LogP contribution in [0.4, 0.5) is 4.79 Å². The van der Waals surface area contributed by atoms with Gasteiger partial charge in [0, 0.05) is 19.4 Å². The topological polar surface area (TPSA) is 122 Å². The highest BCUT2D eigenvalue weighted by Crippen LogP contribution is 2.44. The van der Waals surface area contributed by atoms with Crippen molar-refractivity contribution in [3.8, 4) is 11.1 Å². The molecule has 2 aromatic rings. The maximum absolute atomic E-state index is 12.8. The maximum Gasteiger partial charge on any atom is 0.407 e. The van der Waals surface area contributed by atoms with E-state index in [0.717, 1.165) is 27.2 Å². The van der Waals surface area contributed by atoms with Crippen molar-refractivity contribution in [2.75, 3.05) is 20.2 Å². The zero-order valence-electron chi connectivity index (χ0n) is 20.9. The van der Waals surface area contributed by atoms with Crippen LogP contribution < -0.4 is 5.32 Å². The molecule has 0 heterocycles. The lowest BCUT2D eigenvalue weighted by molar-refractivity contribution is -0.155. The van der Waals surface area contributed by atoms with Crippen LogP contribution in [0.25, 0.3) is 11.1 Å². The lowest BCUT2D eigenvalue weighted by atomic mass is 9.98. The van der Waals surface area contributed by atoms with Crippen LogP contribution in [-0.4, -0.2) is 65.8 Å². The minimum absolute atomic E-state index is 0.0534. The van der Waals surface area contributed by atoms with E-state index in [1.807, 2.05) is 48.5 Å². The van der Waals surface area contributed by atoms with Crippen LogP contribution in [0.1, 0.15) is 50.7 Å². The minimum atomic E-state index is -1.20. The van der Waals surface area contributed by atoms with Crippen LogP contribution in [0, 0.1) is 0 Å². The highest BCUT2D eigenvalue weighted by atomic mass is 16.6. The van der Waals surface area contributed by atoms with Gasteiger partial charge in [0.1, 0.15) is 24.8 Å². The number of fused-ring (bicyclic) bond motifs is 3. The molecule has 9 heteroatoms. The largest absolute Gasteiger partial charge is 0.480 e. The SMILES string of the molecule is CN(CC(=O)O)C(=O)[C@H](CCC(=O)OC(C)(C)C)NC(=O)OCC1c2ccccc2-c2ccccc21. The van der Waals surface area contributed by atoms with E-state index >= 15 is 0 Å². The highest BCUT2D eigenvalue weighted by Gasteiger charge is 2.31. The molecule has 0 saturated heterocycles. The number of likely N-dealkylation sites (N-methyl/N-ethyl adjacent to an activating group) is 1. The van der Waals surface area contributed by atoms with Crippen molar-refractivity contribution in [3.05, 3.63) is 59.7 Å². The summed E-state index contributed by atoms with van der Waals surface area (Å²) in [5, 5.41) is 11.5. The predicted molar refractivity (Wildman–Crippen MR) is 132 cm³/mol. The summed E-state index contributed by atoms with van der Waals surface area (Å²) in [5.41, 5.74) is 3.57. The quantitative estimate of drug-likeness (QED) is 0.509. The number of carbonyl (C=O) groups excluding carboxylic acids is 3. The molecular weight excluding hydrogens is 464 g/mol. The fourth-order valence-electron chi connectivity index (χ4n) is 4.24. The first kappa shape index (κ1) is 26.7. The molecule has 192 valence electrons. The number of nitrogens with one attached hydrogen (secondary N) is 1. The maximum atomic E-state index is 12.8. The van der Waals surface area contributed by atoms with E-state index in [1.54, 1.807) is 20.8 Å². The molecule has 9 nitrogen and oxygen atoms in total. The number of aliphatic carboxylic acids is 1. The highest BCUT2D eigenvalue weighted by molar-refractivity contribution is 5.88. The normalized spacial score (nSPS) is 13.2. The average molecular weight is 497 g/mol. The molecule has 36 heavy (non-hydrogen) atoms. The molecule has 1 aliphatic rings. The van der Waals surface area contributed by atoms with Crippen molar-refractivity contribution >= 4 is 23.9 Å². The number of ether oxygens (including phenoxy) is 2. The molecule has 3 rings (SSSR count). The van der Waals surface area contributed by atoms with E-state index in [2.05, 4.69) is 5.32 Å². The van der Waals surface area contributed by atoms with Crippen molar-refractivity contribution in [3.63, 3.8) is 0 Å².